The van der Waals surface area contributed by atoms with Crippen molar-refractivity contribution >= 4 is 17.9 Å². The lowest BCUT2D eigenvalue weighted by atomic mass is 9.93. The Morgan fingerprint density at radius 2 is 1.60 bits per heavy atom. The minimum absolute atomic E-state index is 0.0193. The lowest BCUT2D eigenvalue weighted by Gasteiger charge is -2.27. The Morgan fingerprint density at radius 3 is 2.23 bits per heavy atom. The molecule has 0 fully saturated rings. The lowest BCUT2D eigenvalue weighted by molar-refractivity contribution is -0.141. The zero-order chi connectivity index (χ0) is 30.5. The fourth-order valence-electron chi connectivity index (χ4n) is 4.74. The number of carbonyl (C=O) groups excluding carboxylic acids is 2. The van der Waals surface area contributed by atoms with Crippen molar-refractivity contribution in [1.29, 1.82) is 5.26 Å². The van der Waals surface area contributed by atoms with Crippen molar-refractivity contribution in [3.63, 3.8) is 0 Å². The average Bonchev–Trinajstić information content (AvgIpc) is 3.45. The first-order valence-corrected chi connectivity index (χ1v) is 14.0. The molecule has 4 aromatic rings. The van der Waals surface area contributed by atoms with E-state index in [1.54, 1.807) is 49.1 Å². The SMILES string of the molecule is COc1ccc(CN2C(=O)C(C#N)=C(C)/C(=C\c3cn(-c4ccccc4)nc3-c3ccc(OCC(C)C)cc3)C2=O)cc1. The molecule has 3 aromatic carbocycles. The predicted molar refractivity (Wildman–Crippen MR) is 164 cm³/mol. The maximum Gasteiger partial charge on any atom is 0.271 e. The Bertz CT molecular complexity index is 1740. The Labute approximate surface area is 251 Å². The van der Waals surface area contributed by atoms with Crippen molar-refractivity contribution in [2.24, 2.45) is 5.92 Å². The van der Waals surface area contributed by atoms with Crippen LogP contribution in [0.25, 0.3) is 23.0 Å². The van der Waals surface area contributed by atoms with E-state index < -0.39 is 11.8 Å². The van der Waals surface area contributed by atoms with Crippen LogP contribution >= 0.6 is 0 Å². The molecule has 5 rings (SSSR count). The second kappa shape index (κ2) is 12.6. The van der Waals surface area contributed by atoms with Gasteiger partial charge in [0.05, 0.1) is 31.6 Å². The molecule has 0 saturated heterocycles. The second-order valence-corrected chi connectivity index (χ2v) is 10.7. The van der Waals surface area contributed by atoms with E-state index in [-0.39, 0.29) is 17.7 Å². The van der Waals surface area contributed by atoms with Gasteiger partial charge in [-0.1, -0.05) is 44.2 Å². The summed E-state index contributed by atoms with van der Waals surface area (Å²) in [6.45, 7) is 6.45. The van der Waals surface area contributed by atoms with Crippen LogP contribution in [0.4, 0.5) is 0 Å². The molecule has 0 aliphatic carbocycles. The number of nitrogens with zero attached hydrogens (tertiary/aromatic N) is 4. The number of hydrogen-bond acceptors (Lipinski definition) is 6. The molecule has 0 saturated carbocycles. The van der Waals surface area contributed by atoms with Crippen molar-refractivity contribution in [3.05, 3.63) is 113 Å². The van der Waals surface area contributed by atoms with Crippen molar-refractivity contribution in [2.45, 2.75) is 27.3 Å². The number of imide groups is 1. The fourth-order valence-corrected chi connectivity index (χ4v) is 4.74. The van der Waals surface area contributed by atoms with Crippen molar-refractivity contribution < 1.29 is 19.1 Å². The van der Waals surface area contributed by atoms with Crippen LogP contribution in [-0.4, -0.2) is 40.2 Å². The summed E-state index contributed by atoms with van der Waals surface area (Å²) in [5.41, 5.74) is 4.24. The second-order valence-electron chi connectivity index (χ2n) is 10.7. The molecule has 8 heteroatoms. The maximum absolute atomic E-state index is 13.9. The summed E-state index contributed by atoms with van der Waals surface area (Å²) >= 11 is 0. The van der Waals surface area contributed by atoms with Gasteiger partial charge in [0.15, 0.2) is 0 Å². The minimum atomic E-state index is -0.616. The fraction of sp³-hybridized carbons (Fsp3) is 0.200. The van der Waals surface area contributed by atoms with Crippen LogP contribution in [-0.2, 0) is 16.1 Å². The monoisotopic (exact) mass is 572 g/mol. The van der Waals surface area contributed by atoms with Crippen molar-refractivity contribution in [2.75, 3.05) is 13.7 Å². The van der Waals surface area contributed by atoms with Crippen LogP contribution in [0, 0.1) is 17.2 Å². The van der Waals surface area contributed by atoms with E-state index in [0.29, 0.717) is 35.1 Å². The van der Waals surface area contributed by atoms with Gasteiger partial charge in [0, 0.05) is 22.9 Å². The molecule has 2 amide bonds. The molecule has 8 nitrogen and oxygen atoms in total. The molecule has 2 heterocycles. The third-order valence-corrected chi connectivity index (χ3v) is 7.10. The third kappa shape index (κ3) is 6.26. The van der Waals surface area contributed by atoms with Gasteiger partial charge in [-0.15, -0.1) is 0 Å². The van der Waals surface area contributed by atoms with E-state index in [4.69, 9.17) is 14.6 Å². The summed E-state index contributed by atoms with van der Waals surface area (Å²) in [6, 6.07) is 26.4. The molecule has 0 bridgehead atoms. The normalized spacial score (nSPS) is 14.4. The zero-order valence-electron chi connectivity index (χ0n) is 24.6. The average molecular weight is 573 g/mol. The van der Waals surface area contributed by atoms with Gasteiger partial charge >= 0.3 is 0 Å². The van der Waals surface area contributed by atoms with Crippen LogP contribution in [0.15, 0.2) is 102 Å². The molecule has 43 heavy (non-hydrogen) atoms. The van der Waals surface area contributed by atoms with E-state index in [0.717, 1.165) is 27.5 Å². The minimum Gasteiger partial charge on any atom is -0.497 e. The van der Waals surface area contributed by atoms with Gasteiger partial charge in [-0.2, -0.15) is 10.4 Å². The number of rotatable bonds is 9. The summed E-state index contributed by atoms with van der Waals surface area (Å²) in [5, 5.41) is 14.8. The van der Waals surface area contributed by atoms with E-state index >= 15 is 0 Å². The molecule has 0 unspecified atom stereocenters. The Morgan fingerprint density at radius 1 is 0.930 bits per heavy atom. The summed E-state index contributed by atoms with van der Waals surface area (Å²) < 4.78 is 12.8. The number of methoxy groups -OCH3 is 1. The van der Waals surface area contributed by atoms with Crippen LogP contribution in [0.2, 0.25) is 0 Å². The van der Waals surface area contributed by atoms with E-state index in [2.05, 4.69) is 13.8 Å². The number of hydrogen-bond donors (Lipinski definition) is 0. The molecule has 1 aromatic heterocycles. The molecule has 0 N–H and O–H groups in total. The van der Waals surface area contributed by atoms with Crippen molar-refractivity contribution in [3.8, 4) is 34.5 Å². The number of amides is 2. The number of aromatic nitrogens is 2. The van der Waals surface area contributed by atoms with E-state index in [9.17, 15) is 14.9 Å². The highest BCUT2D eigenvalue weighted by Crippen LogP contribution is 2.32. The van der Waals surface area contributed by atoms with Gasteiger partial charge in [0.2, 0.25) is 0 Å². The summed E-state index contributed by atoms with van der Waals surface area (Å²) in [5.74, 6) is 0.727. The molecule has 0 spiro atoms. The summed E-state index contributed by atoms with van der Waals surface area (Å²) in [6.07, 6.45) is 3.56. The third-order valence-electron chi connectivity index (χ3n) is 7.10. The van der Waals surface area contributed by atoms with E-state index in [1.807, 2.05) is 66.9 Å². The van der Waals surface area contributed by atoms with Gasteiger partial charge in [0.25, 0.3) is 11.8 Å². The standard InChI is InChI=1S/C35H32N4O4/c1-23(2)22-43-30-16-12-26(13-17-30)33-27(21-39(37-33)28-8-6-5-7-9-28)18-31-24(3)32(19-36)35(41)38(34(31)40)20-25-10-14-29(42-4)15-11-25/h5-18,21,23H,20,22H2,1-4H3/b31-18+. The van der Waals surface area contributed by atoms with Gasteiger partial charge in [-0.25, -0.2) is 4.68 Å². The summed E-state index contributed by atoms with van der Waals surface area (Å²) in [4.78, 5) is 28.2. The van der Waals surface area contributed by atoms with Crippen LogP contribution in [0.5, 0.6) is 11.5 Å². The number of carbonyl (C=O) groups is 2. The first-order chi connectivity index (χ1) is 20.8. The van der Waals surface area contributed by atoms with Crippen LogP contribution in [0.1, 0.15) is 31.9 Å². The highest BCUT2D eigenvalue weighted by Gasteiger charge is 2.35. The van der Waals surface area contributed by atoms with Crippen LogP contribution in [0.3, 0.4) is 0 Å². The molecule has 216 valence electrons. The quantitative estimate of drug-likeness (QED) is 0.171. The number of nitriles is 1. The molecular weight excluding hydrogens is 540 g/mol. The van der Waals surface area contributed by atoms with Crippen molar-refractivity contribution in [1.82, 2.24) is 14.7 Å². The first-order valence-electron chi connectivity index (χ1n) is 14.0. The predicted octanol–water partition coefficient (Wildman–Crippen LogP) is 6.38. The highest BCUT2D eigenvalue weighted by molar-refractivity contribution is 6.19. The molecule has 0 atom stereocenters. The summed E-state index contributed by atoms with van der Waals surface area (Å²) in [7, 11) is 1.57. The Hall–Kier alpha value is -5.42. The molecule has 1 aliphatic heterocycles. The van der Waals surface area contributed by atoms with Gasteiger partial charge in [-0.05, 0) is 78.6 Å². The molecular formula is C35H32N4O4. The van der Waals surface area contributed by atoms with E-state index in [1.165, 1.54) is 0 Å². The molecule has 1 aliphatic rings. The van der Waals surface area contributed by atoms with Gasteiger partial charge in [0.1, 0.15) is 23.1 Å². The Kier molecular flexibility index (Phi) is 8.54. The van der Waals surface area contributed by atoms with Gasteiger partial charge in [-0.3, -0.25) is 14.5 Å². The maximum atomic E-state index is 13.9. The number of ether oxygens (including phenoxy) is 2. The molecule has 0 radical (unpaired) electrons. The van der Waals surface area contributed by atoms with Gasteiger partial charge < -0.3 is 9.47 Å². The largest absolute Gasteiger partial charge is 0.497 e. The smallest absolute Gasteiger partial charge is 0.271 e. The first kappa shape index (κ1) is 29.1. The topological polar surface area (TPSA) is 97.5 Å². The van der Waals surface area contributed by atoms with Crippen LogP contribution < -0.4 is 9.47 Å². The number of para-hydroxylation sites is 1. The number of benzene rings is 3. The highest BCUT2D eigenvalue weighted by atomic mass is 16.5. The lowest BCUT2D eigenvalue weighted by Crippen LogP contribution is -2.42. The Balaban J connectivity index is 1.58. The zero-order valence-corrected chi connectivity index (χ0v) is 24.6.